The zero-order valence-corrected chi connectivity index (χ0v) is 12.7. The highest BCUT2D eigenvalue weighted by atomic mass is 16.4. The van der Waals surface area contributed by atoms with Gasteiger partial charge in [-0.25, -0.2) is 4.79 Å². The monoisotopic (exact) mass is 281 g/mol. The fourth-order valence-electron chi connectivity index (χ4n) is 3.93. The number of aliphatic carboxylic acids is 1. The molecule has 0 bridgehead atoms. The zero-order valence-electron chi connectivity index (χ0n) is 12.7. The highest BCUT2D eigenvalue weighted by Crippen LogP contribution is 2.38. The second kappa shape index (κ2) is 6.15. The minimum atomic E-state index is -0.922. The molecule has 4 nitrogen and oxygen atoms in total. The van der Waals surface area contributed by atoms with Gasteiger partial charge in [-0.1, -0.05) is 20.3 Å². The number of hydrogen-bond donors (Lipinski definition) is 1. The van der Waals surface area contributed by atoms with Crippen LogP contribution in [0.25, 0.3) is 0 Å². The maximum Gasteiger partial charge on any atom is 0.329 e. The van der Waals surface area contributed by atoms with Crippen molar-refractivity contribution < 1.29 is 14.7 Å². The molecule has 0 aromatic rings. The van der Waals surface area contributed by atoms with Crippen LogP contribution >= 0.6 is 0 Å². The second-order valence-electron chi connectivity index (χ2n) is 6.64. The largest absolute Gasteiger partial charge is 0.479 e. The number of carboxylic acids is 1. The van der Waals surface area contributed by atoms with E-state index in [2.05, 4.69) is 6.92 Å². The van der Waals surface area contributed by atoms with Gasteiger partial charge in [0.1, 0.15) is 5.54 Å². The Labute approximate surface area is 121 Å². The van der Waals surface area contributed by atoms with E-state index in [1.165, 1.54) is 0 Å². The van der Waals surface area contributed by atoms with Crippen LogP contribution in [0.2, 0.25) is 0 Å². The molecule has 1 unspecified atom stereocenters. The van der Waals surface area contributed by atoms with Crippen molar-refractivity contribution in [3.63, 3.8) is 0 Å². The standard InChI is InChI=1S/C16H27NO3/c1-3-9-16(15(19)20)10-4-11-17(16)14(18)13-7-5-12(2)6-8-13/h12-13H,3-11H2,1-2H3,(H,19,20). The number of carboxylic acid groups (broad SMARTS) is 1. The van der Waals surface area contributed by atoms with Crippen LogP contribution in [0.1, 0.15) is 65.2 Å². The Morgan fingerprint density at radius 3 is 2.45 bits per heavy atom. The van der Waals surface area contributed by atoms with E-state index in [0.29, 0.717) is 25.3 Å². The third kappa shape index (κ3) is 2.70. The first-order chi connectivity index (χ1) is 9.51. The average molecular weight is 281 g/mol. The molecule has 1 aliphatic heterocycles. The first-order valence-corrected chi connectivity index (χ1v) is 8.06. The fraction of sp³-hybridized carbons (Fsp3) is 0.875. The molecular formula is C16H27NO3. The Kier molecular flexibility index (Phi) is 4.71. The van der Waals surface area contributed by atoms with Crippen LogP contribution in [0.3, 0.4) is 0 Å². The van der Waals surface area contributed by atoms with E-state index in [1.54, 1.807) is 4.90 Å². The lowest BCUT2D eigenvalue weighted by Gasteiger charge is -2.38. The maximum absolute atomic E-state index is 12.8. The van der Waals surface area contributed by atoms with E-state index in [9.17, 15) is 14.7 Å². The molecule has 0 radical (unpaired) electrons. The Hall–Kier alpha value is -1.06. The quantitative estimate of drug-likeness (QED) is 0.861. The average Bonchev–Trinajstić information content (AvgIpc) is 2.84. The van der Waals surface area contributed by atoms with Gasteiger partial charge in [-0.15, -0.1) is 0 Å². The fourth-order valence-corrected chi connectivity index (χ4v) is 3.93. The molecule has 1 atom stereocenters. The van der Waals surface area contributed by atoms with Gasteiger partial charge < -0.3 is 10.0 Å². The molecule has 1 N–H and O–H groups in total. The highest BCUT2D eigenvalue weighted by molar-refractivity contribution is 5.88. The third-order valence-corrected chi connectivity index (χ3v) is 5.18. The van der Waals surface area contributed by atoms with Crippen molar-refractivity contribution >= 4 is 11.9 Å². The van der Waals surface area contributed by atoms with Crippen LogP contribution in [0.4, 0.5) is 0 Å². The first-order valence-electron chi connectivity index (χ1n) is 8.06. The number of carbonyl (C=O) groups is 2. The number of nitrogens with zero attached hydrogens (tertiary/aromatic N) is 1. The molecule has 2 aliphatic rings. The van der Waals surface area contributed by atoms with Crippen molar-refractivity contribution in [2.75, 3.05) is 6.54 Å². The van der Waals surface area contributed by atoms with Crippen LogP contribution < -0.4 is 0 Å². The number of rotatable bonds is 4. The second-order valence-corrected chi connectivity index (χ2v) is 6.64. The predicted molar refractivity (Wildman–Crippen MR) is 77.3 cm³/mol. The summed E-state index contributed by atoms with van der Waals surface area (Å²) >= 11 is 0. The van der Waals surface area contributed by atoms with Crippen molar-refractivity contribution in [1.82, 2.24) is 4.90 Å². The Bertz CT molecular complexity index is 374. The molecule has 1 aliphatic carbocycles. The molecule has 1 saturated heterocycles. The van der Waals surface area contributed by atoms with Crippen LogP contribution in [-0.2, 0) is 9.59 Å². The molecule has 114 valence electrons. The summed E-state index contributed by atoms with van der Waals surface area (Å²) in [6, 6.07) is 0. The van der Waals surface area contributed by atoms with Crippen LogP contribution in [0, 0.1) is 11.8 Å². The van der Waals surface area contributed by atoms with Crippen LogP contribution in [-0.4, -0.2) is 34.0 Å². The van der Waals surface area contributed by atoms with Gasteiger partial charge in [0.15, 0.2) is 0 Å². The SMILES string of the molecule is CCCC1(C(=O)O)CCCN1C(=O)C1CCC(C)CC1. The van der Waals surface area contributed by atoms with E-state index in [-0.39, 0.29) is 11.8 Å². The van der Waals surface area contributed by atoms with E-state index in [4.69, 9.17) is 0 Å². The summed E-state index contributed by atoms with van der Waals surface area (Å²) in [4.78, 5) is 26.2. The van der Waals surface area contributed by atoms with Crippen molar-refractivity contribution in [1.29, 1.82) is 0 Å². The van der Waals surface area contributed by atoms with Gasteiger partial charge in [0, 0.05) is 12.5 Å². The third-order valence-electron chi connectivity index (χ3n) is 5.18. The van der Waals surface area contributed by atoms with E-state index >= 15 is 0 Å². The van der Waals surface area contributed by atoms with Gasteiger partial charge in [0.25, 0.3) is 0 Å². The van der Waals surface area contributed by atoms with Crippen LogP contribution in [0.15, 0.2) is 0 Å². The predicted octanol–water partition coefficient (Wildman–Crippen LogP) is 3.06. The molecule has 0 aromatic carbocycles. The lowest BCUT2D eigenvalue weighted by atomic mass is 9.81. The summed E-state index contributed by atoms with van der Waals surface area (Å²) in [5.74, 6) is 0.0528. The molecule has 0 spiro atoms. The highest BCUT2D eigenvalue weighted by Gasteiger charge is 2.50. The van der Waals surface area contributed by atoms with E-state index in [1.807, 2.05) is 6.92 Å². The molecule has 0 aromatic heterocycles. The Morgan fingerprint density at radius 1 is 1.25 bits per heavy atom. The molecule has 1 saturated carbocycles. The Morgan fingerprint density at radius 2 is 1.90 bits per heavy atom. The van der Waals surface area contributed by atoms with Crippen molar-refractivity contribution in [3.8, 4) is 0 Å². The number of hydrogen-bond acceptors (Lipinski definition) is 2. The smallest absolute Gasteiger partial charge is 0.329 e. The molecule has 1 amide bonds. The molecule has 1 heterocycles. The van der Waals surface area contributed by atoms with Crippen molar-refractivity contribution in [3.05, 3.63) is 0 Å². The summed E-state index contributed by atoms with van der Waals surface area (Å²) in [5.41, 5.74) is -0.922. The first kappa shape index (κ1) is 15.3. The van der Waals surface area contributed by atoms with Gasteiger partial charge in [0.2, 0.25) is 5.91 Å². The summed E-state index contributed by atoms with van der Waals surface area (Å²) in [6.07, 6.45) is 6.87. The lowest BCUT2D eigenvalue weighted by molar-refractivity contribution is -0.159. The zero-order chi connectivity index (χ0) is 14.8. The molecule has 4 heteroatoms. The normalized spacial score (nSPS) is 34.2. The van der Waals surface area contributed by atoms with Gasteiger partial charge in [-0.2, -0.15) is 0 Å². The minimum absolute atomic E-state index is 0.0554. The number of amides is 1. The number of likely N-dealkylation sites (tertiary alicyclic amines) is 1. The molecular weight excluding hydrogens is 254 g/mol. The maximum atomic E-state index is 12.8. The lowest BCUT2D eigenvalue weighted by Crippen LogP contribution is -2.54. The van der Waals surface area contributed by atoms with Crippen molar-refractivity contribution in [2.24, 2.45) is 11.8 Å². The van der Waals surface area contributed by atoms with Crippen molar-refractivity contribution in [2.45, 2.75) is 70.8 Å². The van der Waals surface area contributed by atoms with E-state index < -0.39 is 11.5 Å². The molecule has 2 fully saturated rings. The Balaban J connectivity index is 2.13. The molecule has 20 heavy (non-hydrogen) atoms. The summed E-state index contributed by atoms with van der Waals surface area (Å²) in [7, 11) is 0. The minimum Gasteiger partial charge on any atom is -0.479 e. The van der Waals surface area contributed by atoms with Gasteiger partial charge in [-0.3, -0.25) is 4.79 Å². The number of carbonyl (C=O) groups excluding carboxylic acids is 1. The van der Waals surface area contributed by atoms with Gasteiger partial charge in [-0.05, 0) is 50.9 Å². The van der Waals surface area contributed by atoms with E-state index in [0.717, 1.165) is 38.5 Å². The van der Waals surface area contributed by atoms with Crippen LogP contribution in [0.5, 0.6) is 0 Å². The van der Waals surface area contributed by atoms with Gasteiger partial charge >= 0.3 is 5.97 Å². The summed E-state index contributed by atoms with van der Waals surface area (Å²) < 4.78 is 0. The molecule has 2 rings (SSSR count). The topological polar surface area (TPSA) is 57.6 Å². The van der Waals surface area contributed by atoms with Gasteiger partial charge in [0.05, 0.1) is 0 Å². The summed E-state index contributed by atoms with van der Waals surface area (Å²) in [5, 5.41) is 9.66. The summed E-state index contributed by atoms with van der Waals surface area (Å²) in [6.45, 7) is 4.85.